The van der Waals surface area contributed by atoms with Gasteiger partial charge in [0.15, 0.2) is 0 Å². The summed E-state index contributed by atoms with van der Waals surface area (Å²) in [5.41, 5.74) is 2.04. The molecule has 68 valence electrons. The Bertz CT molecular complexity index is 308. The lowest BCUT2D eigenvalue weighted by Crippen LogP contribution is -2.29. The van der Waals surface area contributed by atoms with Crippen LogP contribution in [0.15, 0.2) is 30.3 Å². The number of carbonyl (C=O) groups is 2. The molecular formula is C9H9NO3. The minimum Gasteiger partial charge on any atom is -0.288 e. The van der Waals surface area contributed by atoms with Crippen LogP contribution in [0.5, 0.6) is 0 Å². The SMILES string of the molecule is O=C(Cc1ccccc1)C(=O)NO. The van der Waals surface area contributed by atoms with Gasteiger partial charge >= 0.3 is 5.91 Å². The molecule has 1 amide bonds. The van der Waals surface area contributed by atoms with Crippen molar-refractivity contribution in [3.63, 3.8) is 0 Å². The number of ketones is 1. The summed E-state index contributed by atoms with van der Waals surface area (Å²) in [6.07, 6.45) is 0.00718. The van der Waals surface area contributed by atoms with Crippen LogP contribution >= 0.6 is 0 Å². The number of Topliss-reactive ketones (excluding diaryl/α,β-unsaturated/α-hetero) is 1. The molecule has 0 aliphatic heterocycles. The summed E-state index contributed by atoms with van der Waals surface area (Å²) in [5, 5.41) is 8.16. The fourth-order valence-electron chi connectivity index (χ4n) is 0.924. The van der Waals surface area contributed by atoms with Crippen LogP contribution in [0.4, 0.5) is 0 Å². The van der Waals surface area contributed by atoms with Crippen molar-refractivity contribution in [2.24, 2.45) is 0 Å². The highest BCUT2D eigenvalue weighted by Crippen LogP contribution is 1.99. The monoisotopic (exact) mass is 179 g/mol. The maximum atomic E-state index is 11.0. The summed E-state index contributed by atoms with van der Waals surface area (Å²) in [7, 11) is 0. The topological polar surface area (TPSA) is 66.4 Å². The van der Waals surface area contributed by atoms with Gasteiger partial charge in [-0.25, -0.2) is 5.48 Å². The van der Waals surface area contributed by atoms with E-state index in [2.05, 4.69) is 0 Å². The molecule has 0 aromatic heterocycles. The first-order valence-electron chi connectivity index (χ1n) is 3.75. The van der Waals surface area contributed by atoms with Crippen molar-refractivity contribution >= 4 is 11.7 Å². The Labute approximate surface area is 75.1 Å². The molecule has 1 aromatic rings. The van der Waals surface area contributed by atoms with E-state index in [-0.39, 0.29) is 6.42 Å². The standard InChI is InChI=1S/C9H9NO3/c11-8(9(12)10-13)6-7-4-2-1-3-5-7/h1-5,13H,6H2,(H,10,12). The van der Waals surface area contributed by atoms with E-state index in [0.717, 1.165) is 5.56 Å². The van der Waals surface area contributed by atoms with E-state index in [1.807, 2.05) is 6.07 Å². The van der Waals surface area contributed by atoms with Crippen molar-refractivity contribution in [1.29, 1.82) is 0 Å². The van der Waals surface area contributed by atoms with Gasteiger partial charge in [-0.3, -0.25) is 14.8 Å². The van der Waals surface area contributed by atoms with Gasteiger partial charge in [-0.1, -0.05) is 30.3 Å². The van der Waals surface area contributed by atoms with Gasteiger partial charge in [-0.05, 0) is 5.56 Å². The molecule has 0 heterocycles. The summed E-state index contributed by atoms with van der Waals surface area (Å²) in [4.78, 5) is 21.6. The van der Waals surface area contributed by atoms with Gasteiger partial charge in [0.2, 0.25) is 5.78 Å². The number of rotatable bonds is 3. The number of nitrogens with one attached hydrogen (secondary N) is 1. The van der Waals surface area contributed by atoms with E-state index in [1.165, 1.54) is 5.48 Å². The quantitative estimate of drug-likeness (QED) is 0.398. The molecule has 0 atom stereocenters. The number of benzene rings is 1. The molecule has 0 saturated carbocycles. The number of hydrogen-bond donors (Lipinski definition) is 2. The average Bonchev–Trinajstić information content (AvgIpc) is 2.18. The zero-order chi connectivity index (χ0) is 9.68. The number of hydrogen-bond acceptors (Lipinski definition) is 3. The Morgan fingerprint density at radius 2 is 1.85 bits per heavy atom. The predicted molar refractivity (Wildman–Crippen MR) is 45.1 cm³/mol. The normalized spacial score (nSPS) is 9.31. The highest BCUT2D eigenvalue weighted by molar-refractivity contribution is 6.36. The van der Waals surface area contributed by atoms with Crippen molar-refractivity contribution in [3.05, 3.63) is 35.9 Å². The maximum absolute atomic E-state index is 11.0. The molecule has 2 N–H and O–H groups in total. The molecule has 4 heteroatoms. The molecule has 0 bridgehead atoms. The number of amides is 1. The van der Waals surface area contributed by atoms with E-state index < -0.39 is 11.7 Å². The van der Waals surface area contributed by atoms with Crippen molar-refractivity contribution in [2.75, 3.05) is 0 Å². The van der Waals surface area contributed by atoms with Gasteiger partial charge in [0.05, 0.1) is 0 Å². The summed E-state index contributed by atoms with van der Waals surface area (Å²) in [6, 6.07) is 8.85. The van der Waals surface area contributed by atoms with Crippen LogP contribution < -0.4 is 5.48 Å². The average molecular weight is 179 g/mol. The Morgan fingerprint density at radius 1 is 1.23 bits per heavy atom. The summed E-state index contributed by atoms with van der Waals surface area (Å²) >= 11 is 0. The third-order valence-corrected chi connectivity index (χ3v) is 1.56. The molecule has 0 aliphatic carbocycles. The smallest absolute Gasteiger partial charge is 0.288 e. The molecule has 0 radical (unpaired) electrons. The first kappa shape index (κ1) is 9.41. The van der Waals surface area contributed by atoms with Gasteiger partial charge in [-0.15, -0.1) is 0 Å². The molecule has 4 nitrogen and oxygen atoms in total. The van der Waals surface area contributed by atoms with Gasteiger partial charge in [0, 0.05) is 6.42 Å². The molecule has 1 rings (SSSR count). The van der Waals surface area contributed by atoms with Crippen molar-refractivity contribution in [2.45, 2.75) is 6.42 Å². The largest absolute Gasteiger partial charge is 0.311 e. The molecule has 0 saturated heterocycles. The van der Waals surface area contributed by atoms with E-state index in [4.69, 9.17) is 5.21 Å². The Hall–Kier alpha value is -1.68. The van der Waals surface area contributed by atoms with Crippen LogP contribution in [-0.4, -0.2) is 16.9 Å². The minimum absolute atomic E-state index is 0.00718. The highest BCUT2D eigenvalue weighted by Gasteiger charge is 2.12. The van der Waals surface area contributed by atoms with Gasteiger partial charge in [-0.2, -0.15) is 0 Å². The fourth-order valence-corrected chi connectivity index (χ4v) is 0.924. The lowest BCUT2D eigenvalue weighted by molar-refractivity contribution is -0.142. The van der Waals surface area contributed by atoms with E-state index in [0.29, 0.717) is 0 Å². The second kappa shape index (κ2) is 4.37. The highest BCUT2D eigenvalue weighted by atomic mass is 16.5. The Morgan fingerprint density at radius 3 is 2.38 bits per heavy atom. The lowest BCUT2D eigenvalue weighted by atomic mass is 10.1. The first-order valence-corrected chi connectivity index (χ1v) is 3.75. The van der Waals surface area contributed by atoms with Crippen LogP contribution in [0.3, 0.4) is 0 Å². The molecule has 13 heavy (non-hydrogen) atoms. The number of hydroxylamine groups is 1. The van der Waals surface area contributed by atoms with Crippen LogP contribution in [0.1, 0.15) is 5.56 Å². The van der Waals surface area contributed by atoms with Crippen molar-refractivity contribution < 1.29 is 14.8 Å². The molecule has 1 aromatic carbocycles. The zero-order valence-electron chi connectivity index (χ0n) is 6.86. The Kier molecular flexibility index (Phi) is 3.16. The van der Waals surface area contributed by atoms with Crippen LogP contribution in [-0.2, 0) is 16.0 Å². The van der Waals surface area contributed by atoms with Gasteiger partial charge in [0.1, 0.15) is 0 Å². The third-order valence-electron chi connectivity index (χ3n) is 1.56. The van der Waals surface area contributed by atoms with E-state index in [9.17, 15) is 9.59 Å². The molecule has 0 spiro atoms. The van der Waals surface area contributed by atoms with Crippen LogP contribution in [0, 0.1) is 0 Å². The van der Waals surface area contributed by atoms with Crippen molar-refractivity contribution in [3.8, 4) is 0 Å². The maximum Gasteiger partial charge on any atom is 0.311 e. The second-order valence-electron chi connectivity index (χ2n) is 2.53. The van der Waals surface area contributed by atoms with E-state index >= 15 is 0 Å². The number of carbonyl (C=O) groups excluding carboxylic acids is 2. The third kappa shape index (κ3) is 2.68. The molecule has 0 aliphatic rings. The molecular weight excluding hydrogens is 170 g/mol. The predicted octanol–water partition coefficient (Wildman–Crippen LogP) is 0.304. The fraction of sp³-hybridized carbons (Fsp3) is 0.111. The first-order chi connectivity index (χ1) is 6.24. The van der Waals surface area contributed by atoms with Gasteiger partial charge in [0.25, 0.3) is 0 Å². The Balaban J connectivity index is 2.60. The van der Waals surface area contributed by atoms with Gasteiger partial charge < -0.3 is 0 Å². The summed E-state index contributed by atoms with van der Waals surface area (Å²) < 4.78 is 0. The molecule has 0 unspecified atom stereocenters. The minimum atomic E-state index is -0.983. The van der Waals surface area contributed by atoms with Crippen LogP contribution in [0.2, 0.25) is 0 Å². The summed E-state index contributed by atoms with van der Waals surface area (Å²) in [5.74, 6) is -1.64. The second-order valence-corrected chi connectivity index (χ2v) is 2.53. The van der Waals surface area contributed by atoms with Crippen molar-refractivity contribution in [1.82, 2.24) is 5.48 Å². The molecule has 0 fully saturated rings. The summed E-state index contributed by atoms with van der Waals surface area (Å²) in [6.45, 7) is 0. The van der Waals surface area contributed by atoms with E-state index in [1.54, 1.807) is 24.3 Å². The lowest BCUT2D eigenvalue weighted by Gasteiger charge is -1.98. The zero-order valence-corrected chi connectivity index (χ0v) is 6.86. The van der Waals surface area contributed by atoms with Crippen LogP contribution in [0.25, 0.3) is 0 Å².